The molecular formula is C14H22N4O. The van der Waals surface area contributed by atoms with Crippen LogP contribution < -0.4 is 15.4 Å². The summed E-state index contributed by atoms with van der Waals surface area (Å²) in [5.74, 6) is 1.57. The van der Waals surface area contributed by atoms with Crippen molar-refractivity contribution in [2.24, 2.45) is 4.99 Å². The smallest absolute Gasteiger partial charge is 0.213 e. The molecule has 0 aliphatic carbocycles. The number of aliphatic imine (C=N–C) groups is 1. The van der Waals surface area contributed by atoms with E-state index in [1.54, 1.807) is 6.20 Å². The van der Waals surface area contributed by atoms with Crippen LogP contribution in [0.3, 0.4) is 0 Å². The van der Waals surface area contributed by atoms with E-state index in [0.29, 0.717) is 5.88 Å². The number of hydrogen-bond donors (Lipinski definition) is 2. The van der Waals surface area contributed by atoms with E-state index in [0.717, 1.165) is 44.0 Å². The van der Waals surface area contributed by atoms with E-state index < -0.39 is 0 Å². The van der Waals surface area contributed by atoms with Crippen molar-refractivity contribution in [2.45, 2.75) is 39.3 Å². The van der Waals surface area contributed by atoms with E-state index in [2.05, 4.69) is 27.5 Å². The van der Waals surface area contributed by atoms with Crippen LogP contribution in [-0.4, -0.2) is 30.1 Å². The number of aromatic nitrogens is 1. The molecule has 2 heterocycles. The van der Waals surface area contributed by atoms with Gasteiger partial charge in [0.15, 0.2) is 5.96 Å². The summed E-state index contributed by atoms with van der Waals surface area (Å²) in [6.07, 6.45) is 4.06. The monoisotopic (exact) mass is 262 g/mol. The van der Waals surface area contributed by atoms with Crippen molar-refractivity contribution in [2.75, 3.05) is 13.1 Å². The van der Waals surface area contributed by atoms with Crippen LogP contribution in [-0.2, 0) is 6.54 Å². The van der Waals surface area contributed by atoms with Crippen molar-refractivity contribution in [1.82, 2.24) is 15.6 Å². The van der Waals surface area contributed by atoms with Gasteiger partial charge in [-0.2, -0.15) is 0 Å². The van der Waals surface area contributed by atoms with E-state index >= 15 is 0 Å². The molecule has 1 aliphatic rings. The van der Waals surface area contributed by atoms with E-state index in [1.165, 1.54) is 0 Å². The zero-order valence-corrected chi connectivity index (χ0v) is 11.6. The lowest BCUT2D eigenvalue weighted by Gasteiger charge is -2.16. The molecule has 0 radical (unpaired) electrons. The predicted molar refractivity (Wildman–Crippen MR) is 76.4 cm³/mol. The molecule has 0 bridgehead atoms. The summed E-state index contributed by atoms with van der Waals surface area (Å²) in [6, 6.07) is 3.96. The fraction of sp³-hybridized carbons (Fsp3) is 0.571. The van der Waals surface area contributed by atoms with Gasteiger partial charge in [0.05, 0.1) is 6.10 Å². The molecule has 5 nitrogen and oxygen atoms in total. The molecule has 0 fully saturated rings. The number of nitrogens with one attached hydrogen (secondary N) is 2. The molecule has 104 valence electrons. The number of rotatable bonds is 5. The Kier molecular flexibility index (Phi) is 5.01. The average Bonchev–Trinajstić information content (AvgIpc) is 2.46. The topological polar surface area (TPSA) is 58.5 Å². The predicted octanol–water partition coefficient (Wildman–Crippen LogP) is 1.70. The molecule has 1 unspecified atom stereocenters. The molecule has 0 aromatic carbocycles. The first kappa shape index (κ1) is 13.6. The van der Waals surface area contributed by atoms with Crippen LogP contribution in [0.2, 0.25) is 0 Å². The molecule has 0 saturated heterocycles. The highest BCUT2D eigenvalue weighted by Gasteiger charge is 2.05. The normalized spacial score (nSPS) is 16.2. The lowest BCUT2D eigenvalue weighted by molar-refractivity contribution is 0.208. The first-order chi connectivity index (χ1) is 9.28. The summed E-state index contributed by atoms with van der Waals surface area (Å²) in [5.41, 5.74) is 1.14. The van der Waals surface area contributed by atoms with Crippen molar-refractivity contribution in [3.8, 4) is 5.88 Å². The van der Waals surface area contributed by atoms with Crippen LogP contribution in [0.15, 0.2) is 23.3 Å². The molecule has 19 heavy (non-hydrogen) atoms. The van der Waals surface area contributed by atoms with Crippen molar-refractivity contribution in [1.29, 1.82) is 0 Å². The van der Waals surface area contributed by atoms with Crippen LogP contribution in [0.5, 0.6) is 5.88 Å². The second-order valence-corrected chi connectivity index (χ2v) is 4.70. The summed E-state index contributed by atoms with van der Waals surface area (Å²) in [5, 5.41) is 6.53. The maximum absolute atomic E-state index is 5.71. The quantitative estimate of drug-likeness (QED) is 0.848. The van der Waals surface area contributed by atoms with Crippen molar-refractivity contribution in [3.63, 3.8) is 0 Å². The molecule has 1 aliphatic heterocycles. The Labute approximate surface area is 114 Å². The Balaban J connectivity index is 1.89. The number of pyridine rings is 1. The van der Waals surface area contributed by atoms with Gasteiger partial charge in [-0.3, -0.25) is 4.99 Å². The number of ether oxygens (including phenoxy) is 1. The summed E-state index contributed by atoms with van der Waals surface area (Å²) < 4.78 is 5.71. The SMILES string of the molecule is CCC(C)Oc1cc(CNC2=NCCCN2)ccn1. The van der Waals surface area contributed by atoms with Gasteiger partial charge in [-0.05, 0) is 31.4 Å². The number of hydrogen-bond acceptors (Lipinski definition) is 5. The number of nitrogens with zero attached hydrogens (tertiary/aromatic N) is 2. The minimum atomic E-state index is 0.195. The van der Waals surface area contributed by atoms with Gasteiger partial charge in [-0.15, -0.1) is 0 Å². The van der Waals surface area contributed by atoms with Gasteiger partial charge >= 0.3 is 0 Å². The van der Waals surface area contributed by atoms with Gasteiger partial charge in [0.1, 0.15) is 0 Å². The first-order valence-corrected chi connectivity index (χ1v) is 6.91. The molecule has 0 spiro atoms. The molecule has 2 N–H and O–H groups in total. The summed E-state index contributed by atoms with van der Waals surface area (Å²) in [6.45, 7) is 6.76. The molecule has 1 aromatic rings. The molecule has 2 rings (SSSR count). The third-order valence-corrected chi connectivity index (χ3v) is 3.05. The van der Waals surface area contributed by atoms with Crippen LogP contribution >= 0.6 is 0 Å². The van der Waals surface area contributed by atoms with Gasteiger partial charge in [0.2, 0.25) is 5.88 Å². The van der Waals surface area contributed by atoms with Gasteiger partial charge in [0.25, 0.3) is 0 Å². The minimum absolute atomic E-state index is 0.195. The van der Waals surface area contributed by atoms with E-state index in [9.17, 15) is 0 Å². The summed E-state index contributed by atoms with van der Waals surface area (Å²) in [4.78, 5) is 8.60. The third kappa shape index (κ3) is 4.43. The second-order valence-electron chi connectivity index (χ2n) is 4.70. The van der Waals surface area contributed by atoms with Crippen LogP contribution in [0, 0.1) is 0 Å². The maximum Gasteiger partial charge on any atom is 0.213 e. The standard InChI is InChI=1S/C14H22N4O/c1-3-11(2)19-13-9-12(5-8-15-13)10-18-14-16-6-4-7-17-14/h5,8-9,11H,3-4,6-7,10H2,1-2H3,(H2,16,17,18). The lowest BCUT2D eigenvalue weighted by Crippen LogP contribution is -2.40. The Hall–Kier alpha value is -1.78. The van der Waals surface area contributed by atoms with Crippen molar-refractivity contribution in [3.05, 3.63) is 23.9 Å². The highest BCUT2D eigenvalue weighted by atomic mass is 16.5. The molecule has 1 aromatic heterocycles. The largest absolute Gasteiger partial charge is 0.475 e. The van der Waals surface area contributed by atoms with E-state index in [-0.39, 0.29) is 6.10 Å². The fourth-order valence-electron chi connectivity index (χ4n) is 1.75. The second kappa shape index (κ2) is 6.97. The van der Waals surface area contributed by atoms with Gasteiger partial charge < -0.3 is 15.4 Å². The lowest BCUT2D eigenvalue weighted by atomic mass is 10.2. The van der Waals surface area contributed by atoms with Crippen molar-refractivity contribution >= 4 is 5.96 Å². The highest BCUT2D eigenvalue weighted by molar-refractivity contribution is 5.80. The number of guanidine groups is 1. The van der Waals surface area contributed by atoms with Crippen LogP contribution in [0.4, 0.5) is 0 Å². The molecular weight excluding hydrogens is 240 g/mol. The van der Waals surface area contributed by atoms with Gasteiger partial charge in [-0.1, -0.05) is 6.92 Å². The molecule has 0 amide bonds. The maximum atomic E-state index is 5.71. The minimum Gasteiger partial charge on any atom is -0.475 e. The van der Waals surface area contributed by atoms with Gasteiger partial charge in [0, 0.05) is 31.9 Å². The first-order valence-electron chi connectivity index (χ1n) is 6.91. The zero-order valence-electron chi connectivity index (χ0n) is 11.6. The highest BCUT2D eigenvalue weighted by Crippen LogP contribution is 2.12. The Morgan fingerprint density at radius 3 is 3.16 bits per heavy atom. The fourth-order valence-corrected chi connectivity index (χ4v) is 1.75. The molecule has 5 heteroatoms. The Morgan fingerprint density at radius 2 is 2.42 bits per heavy atom. The van der Waals surface area contributed by atoms with Crippen molar-refractivity contribution < 1.29 is 4.74 Å². The van der Waals surface area contributed by atoms with E-state index in [4.69, 9.17) is 4.74 Å². The van der Waals surface area contributed by atoms with Gasteiger partial charge in [-0.25, -0.2) is 4.98 Å². The molecule has 1 atom stereocenters. The van der Waals surface area contributed by atoms with Crippen LogP contribution in [0.25, 0.3) is 0 Å². The van der Waals surface area contributed by atoms with E-state index in [1.807, 2.05) is 19.1 Å². The van der Waals surface area contributed by atoms with Crippen LogP contribution in [0.1, 0.15) is 32.3 Å². The third-order valence-electron chi connectivity index (χ3n) is 3.05. The zero-order chi connectivity index (χ0) is 13.5. The average molecular weight is 262 g/mol. The Morgan fingerprint density at radius 1 is 1.53 bits per heavy atom. The molecule has 0 saturated carbocycles. The summed E-state index contributed by atoms with van der Waals surface area (Å²) in [7, 11) is 0. The Bertz CT molecular complexity index is 433. The summed E-state index contributed by atoms with van der Waals surface area (Å²) >= 11 is 0.